The lowest BCUT2D eigenvalue weighted by atomic mass is 10.1. The van der Waals surface area contributed by atoms with Gasteiger partial charge in [-0.1, -0.05) is 12.8 Å². The molecular weight excluding hydrogens is 272 g/mol. The van der Waals surface area contributed by atoms with Crippen LogP contribution in [0.2, 0.25) is 0 Å². The standard InChI is InChI=1S/C18H36N4/c1-17(2)21-11-13-22(14-12-21)18-15-20(16-18)10-9-19-7-5-3-4-6-8-19/h17-18H,3-16H2,1-2H3. The first-order valence-corrected chi connectivity index (χ1v) is 9.65. The molecule has 0 aromatic carbocycles. The fourth-order valence-electron chi connectivity index (χ4n) is 4.22. The minimum Gasteiger partial charge on any atom is -0.302 e. The van der Waals surface area contributed by atoms with Gasteiger partial charge in [0.1, 0.15) is 0 Å². The van der Waals surface area contributed by atoms with Gasteiger partial charge in [0.25, 0.3) is 0 Å². The first-order chi connectivity index (χ1) is 10.7. The number of likely N-dealkylation sites (tertiary alicyclic amines) is 2. The van der Waals surface area contributed by atoms with Gasteiger partial charge in [-0.3, -0.25) is 14.7 Å². The van der Waals surface area contributed by atoms with Gasteiger partial charge in [0, 0.05) is 64.4 Å². The summed E-state index contributed by atoms with van der Waals surface area (Å²) in [6, 6.07) is 1.56. The number of nitrogens with zero attached hydrogens (tertiary/aromatic N) is 4. The Bertz CT molecular complexity index is 311. The maximum absolute atomic E-state index is 2.74. The summed E-state index contributed by atoms with van der Waals surface area (Å²) in [7, 11) is 0. The van der Waals surface area contributed by atoms with E-state index in [0.717, 1.165) is 6.04 Å². The Morgan fingerprint density at radius 2 is 1.32 bits per heavy atom. The highest BCUT2D eigenvalue weighted by Crippen LogP contribution is 2.18. The summed E-state index contributed by atoms with van der Waals surface area (Å²) in [5, 5.41) is 0. The lowest BCUT2D eigenvalue weighted by molar-refractivity contribution is -0.00367. The normalized spacial score (nSPS) is 28.0. The van der Waals surface area contributed by atoms with Gasteiger partial charge in [-0.2, -0.15) is 0 Å². The monoisotopic (exact) mass is 308 g/mol. The van der Waals surface area contributed by atoms with E-state index in [0.29, 0.717) is 6.04 Å². The molecule has 0 unspecified atom stereocenters. The maximum atomic E-state index is 2.74. The zero-order chi connectivity index (χ0) is 15.4. The van der Waals surface area contributed by atoms with Crippen LogP contribution in [-0.2, 0) is 0 Å². The highest BCUT2D eigenvalue weighted by Gasteiger charge is 2.33. The van der Waals surface area contributed by atoms with Gasteiger partial charge in [-0.05, 0) is 39.8 Å². The Hall–Kier alpha value is -0.160. The van der Waals surface area contributed by atoms with Crippen molar-refractivity contribution in [3.8, 4) is 0 Å². The fraction of sp³-hybridized carbons (Fsp3) is 1.00. The highest BCUT2D eigenvalue weighted by molar-refractivity contribution is 4.91. The summed E-state index contributed by atoms with van der Waals surface area (Å²) in [6.45, 7) is 17.6. The van der Waals surface area contributed by atoms with Crippen molar-refractivity contribution in [2.75, 3.05) is 65.4 Å². The van der Waals surface area contributed by atoms with Crippen LogP contribution in [-0.4, -0.2) is 97.1 Å². The van der Waals surface area contributed by atoms with Gasteiger partial charge >= 0.3 is 0 Å². The predicted octanol–water partition coefficient (Wildman–Crippen LogP) is 1.57. The van der Waals surface area contributed by atoms with Crippen molar-refractivity contribution in [1.82, 2.24) is 19.6 Å². The molecule has 0 aromatic heterocycles. The van der Waals surface area contributed by atoms with Gasteiger partial charge in [-0.15, -0.1) is 0 Å². The van der Waals surface area contributed by atoms with Crippen molar-refractivity contribution in [3.63, 3.8) is 0 Å². The number of hydrogen-bond donors (Lipinski definition) is 0. The average Bonchev–Trinajstić information content (AvgIpc) is 2.75. The van der Waals surface area contributed by atoms with Gasteiger partial charge in [0.2, 0.25) is 0 Å². The van der Waals surface area contributed by atoms with E-state index in [1.165, 1.54) is 91.1 Å². The maximum Gasteiger partial charge on any atom is 0.0351 e. The summed E-state index contributed by atoms with van der Waals surface area (Å²) in [5.74, 6) is 0. The van der Waals surface area contributed by atoms with E-state index >= 15 is 0 Å². The van der Waals surface area contributed by atoms with E-state index in [-0.39, 0.29) is 0 Å². The van der Waals surface area contributed by atoms with Crippen LogP contribution in [0, 0.1) is 0 Å². The molecule has 0 saturated carbocycles. The Labute approximate surface area is 137 Å². The minimum atomic E-state index is 0.716. The smallest absolute Gasteiger partial charge is 0.0351 e. The average molecular weight is 309 g/mol. The highest BCUT2D eigenvalue weighted by atomic mass is 15.4. The molecule has 3 rings (SSSR count). The summed E-state index contributed by atoms with van der Waals surface area (Å²) in [5.41, 5.74) is 0. The van der Waals surface area contributed by atoms with Crippen LogP contribution in [0.3, 0.4) is 0 Å². The topological polar surface area (TPSA) is 13.0 Å². The molecule has 0 spiro atoms. The Kier molecular flexibility index (Phi) is 6.14. The van der Waals surface area contributed by atoms with E-state index in [9.17, 15) is 0 Å². The molecule has 0 atom stereocenters. The largest absolute Gasteiger partial charge is 0.302 e. The zero-order valence-electron chi connectivity index (χ0n) is 14.8. The van der Waals surface area contributed by atoms with E-state index < -0.39 is 0 Å². The minimum absolute atomic E-state index is 0.716. The van der Waals surface area contributed by atoms with E-state index in [1.807, 2.05) is 0 Å². The molecule has 4 nitrogen and oxygen atoms in total. The summed E-state index contributed by atoms with van der Waals surface area (Å²) in [4.78, 5) is 10.7. The molecule has 128 valence electrons. The molecule has 0 N–H and O–H groups in total. The second kappa shape index (κ2) is 8.09. The molecule has 3 fully saturated rings. The first kappa shape index (κ1) is 16.7. The Balaban J connectivity index is 1.29. The molecule has 0 bridgehead atoms. The third kappa shape index (κ3) is 4.44. The second-order valence-electron chi connectivity index (χ2n) is 7.83. The molecule has 0 aliphatic carbocycles. The molecule has 3 aliphatic heterocycles. The lowest BCUT2D eigenvalue weighted by Gasteiger charge is -2.49. The Morgan fingerprint density at radius 1 is 0.727 bits per heavy atom. The van der Waals surface area contributed by atoms with Gasteiger partial charge in [0.15, 0.2) is 0 Å². The van der Waals surface area contributed by atoms with Crippen LogP contribution in [0.25, 0.3) is 0 Å². The fourth-order valence-corrected chi connectivity index (χ4v) is 4.22. The molecule has 3 heterocycles. The molecule has 0 aromatic rings. The predicted molar refractivity (Wildman–Crippen MR) is 93.4 cm³/mol. The SMILES string of the molecule is CC(C)N1CCN(C2CN(CCN3CCCCCC3)C2)CC1. The molecule has 3 aliphatic rings. The quantitative estimate of drug-likeness (QED) is 0.764. The van der Waals surface area contributed by atoms with Crippen molar-refractivity contribution in [2.45, 2.75) is 51.6 Å². The molecule has 3 saturated heterocycles. The summed E-state index contributed by atoms with van der Waals surface area (Å²) in [6.07, 6.45) is 5.74. The van der Waals surface area contributed by atoms with Gasteiger partial charge < -0.3 is 4.90 Å². The third-order valence-electron chi connectivity index (χ3n) is 5.96. The van der Waals surface area contributed by atoms with Crippen LogP contribution in [0.4, 0.5) is 0 Å². The van der Waals surface area contributed by atoms with Gasteiger partial charge in [-0.25, -0.2) is 0 Å². The summed E-state index contributed by atoms with van der Waals surface area (Å²) < 4.78 is 0. The zero-order valence-corrected chi connectivity index (χ0v) is 14.8. The summed E-state index contributed by atoms with van der Waals surface area (Å²) >= 11 is 0. The van der Waals surface area contributed by atoms with Crippen molar-refractivity contribution < 1.29 is 0 Å². The first-order valence-electron chi connectivity index (χ1n) is 9.65. The van der Waals surface area contributed by atoms with E-state index in [4.69, 9.17) is 0 Å². The van der Waals surface area contributed by atoms with Crippen LogP contribution in [0.1, 0.15) is 39.5 Å². The van der Waals surface area contributed by atoms with Crippen LogP contribution in [0.15, 0.2) is 0 Å². The lowest BCUT2D eigenvalue weighted by Crippen LogP contribution is -2.64. The van der Waals surface area contributed by atoms with Crippen molar-refractivity contribution in [3.05, 3.63) is 0 Å². The Morgan fingerprint density at radius 3 is 1.91 bits per heavy atom. The second-order valence-corrected chi connectivity index (χ2v) is 7.83. The number of hydrogen-bond acceptors (Lipinski definition) is 4. The molecule has 22 heavy (non-hydrogen) atoms. The molecular formula is C18H36N4. The van der Waals surface area contributed by atoms with Gasteiger partial charge in [0.05, 0.1) is 0 Å². The van der Waals surface area contributed by atoms with E-state index in [1.54, 1.807) is 0 Å². The number of rotatable bonds is 5. The van der Waals surface area contributed by atoms with Crippen molar-refractivity contribution >= 4 is 0 Å². The van der Waals surface area contributed by atoms with Crippen LogP contribution >= 0.6 is 0 Å². The van der Waals surface area contributed by atoms with E-state index in [2.05, 4.69) is 33.4 Å². The molecule has 0 radical (unpaired) electrons. The van der Waals surface area contributed by atoms with Crippen molar-refractivity contribution in [2.24, 2.45) is 0 Å². The molecule has 4 heteroatoms. The van der Waals surface area contributed by atoms with Crippen LogP contribution < -0.4 is 0 Å². The molecule has 0 amide bonds. The third-order valence-corrected chi connectivity index (χ3v) is 5.96. The van der Waals surface area contributed by atoms with Crippen LogP contribution in [0.5, 0.6) is 0 Å². The number of piperazine rings is 1. The van der Waals surface area contributed by atoms with Crippen molar-refractivity contribution in [1.29, 1.82) is 0 Å².